The van der Waals surface area contributed by atoms with E-state index in [9.17, 15) is 19.2 Å². The fraction of sp³-hybridized carbons (Fsp3) is 0.250. The van der Waals surface area contributed by atoms with Crippen molar-refractivity contribution < 1.29 is 38.1 Å². The zero-order valence-corrected chi connectivity index (χ0v) is 28.5. The predicted octanol–water partition coefficient (Wildman–Crippen LogP) is 6.12. The van der Waals surface area contributed by atoms with Gasteiger partial charge in [0.1, 0.15) is 12.7 Å². The molecule has 0 spiro atoms. The van der Waals surface area contributed by atoms with Crippen LogP contribution in [0.15, 0.2) is 102 Å². The van der Waals surface area contributed by atoms with E-state index in [1.165, 1.54) is 29.6 Å². The van der Waals surface area contributed by atoms with E-state index in [0.717, 1.165) is 0 Å². The number of carbonyl (C=O) groups excluding carboxylic acids is 4. The topological polar surface area (TPSA) is 213 Å². The van der Waals surface area contributed by atoms with Crippen molar-refractivity contribution in [2.24, 2.45) is 11.0 Å². The first-order valence-electron chi connectivity index (χ1n) is 16.4. The molecule has 17 nitrogen and oxygen atoms in total. The van der Waals surface area contributed by atoms with Crippen LogP contribution in [0.5, 0.6) is 5.88 Å². The minimum Gasteiger partial charge on any atom is -0.459 e. The highest BCUT2D eigenvalue weighted by Gasteiger charge is 2.48. The molecular formula is C36H33N9O8. The van der Waals surface area contributed by atoms with Gasteiger partial charge in [-0.25, -0.2) is 19.5 Å². The normalized spacial score (nSPS) is 17.7. The third-order valence-corrected chi connectivity index (χ3v) is 8.16. The van der Waals surface area contributed by atoms with Crippen LogP contribution in [-0.2, 0) is 23.8 Å². The maximum atomic E-state index is 13.9. The predicted molar refractivity (Wildman–Crippen MR) is 189 cm³/mol. The van der Waals surface area contributed by atoms with Gasteiger partial charge in [0.15, 0.2) is 23.5 Å². The molecule has 1 N–H and O–H groups in total. The van der Waals surface area contributed by atoms with Gasteiger partial charge in [0.2, 0.25) is 11.9 Å². The number of nitrogens with zero attached hydrogens (tertiary/aromatic N) is 8. The monoisotopic (exact) mass is 719 g/mol. The van der Waals surface area contributed by atoms with E-state index in [1.807, 2.05) is 12.1 Å². The van der Waals surface area contributed by atoms with Crippen LogP contribution in [0.1, 0.15) is 36.9 Å². The summed E-state index contributed by atoms with van der Waals surface area (Å²) in [4.78, 5) is 68.8. The highest BCUT2D eigenvalue weighted by molar-refractivity contribution is 5.98. The molecule has 6 rings (SSSR count). The number of esters is 2. The molecular weight excluding hydrogens is 686 g/mol. The van der Waals surface area contributed by atoms with Gasteiger partial charge < -0.3 is 18.9 Å². The van der Waals surface area contributed by atoms with Crippen LogP contribution in [0, 0.1) is 5.92 Å². The molecule has 4 atom stereocenters. The average Bonchev–Trinajstić information content (AvgIpc) is 3.72. The molecule has 3 aromatic carbocycles. The van der Waals surface area contributed by atoms with Gasteiger partial charge in [0, 0.05) is 31.2 Å². The summed E-state index contributed by atoms with van der Waals surface area (Å²) in [5, 5.41) is 6.16. The number of hydrogen-bond acceptors (Lipinski definition) is 12. The zero-order chi connectivity index (χ0) is 37.3. The summed E-state index contributed by atoms with van der Waals surface area (Å²) in [6.07, 6.45) is -2.28. The lowest BCUT2D eigenvalue weighted by atomic mass is 9.94. The van der Waals surface area contributed by atoms with Crippen LogP contribution in [-0.4, -0.2) is 68.8 Å². The van der Waals surface area contributed by atoms with Crippen molar-refractivity contribution in [3.8, 4) is 5.88 Å². The Morgan fingerprint density at radius 1 is 0.943 bits per heavy atom. The van der Waals surface area contributed by atoms with Crippen molar-refractivity contribution >= 4 is 52.4 Å². The molecule has 1 saturated heterocycles. The standard InChI is InChI=1S/C36H33N9O8/c1-22(46)40-35-41-31-29(32(42-35)53-36(49)45(25-14-8-4-9-15-25)26-16-10-5-11-17-26)38-21-44(31)33-30(51-23(2)47)27(18-19-39-43-37)28(52-33)20-50-34(48)24-12-6-3-7-13-24/h3-17,21,27-28,30,33H,18-20H2,1-2H3,(H,40,41,42,46)/t27-,28-,30-,33-/m1/s1. The Kier molecular flexibility index (Phi) is 11.2. The lowest BCUT2D eigenvalue weighted by Gasteiger charge is -2.24. The highest BCUT2D eigenvalue weighted by atomic mass is 16.6. The summed E-state index contributed by atoms with van der Waals surface area (Å²) >= 11 is 0. The number of anilines is 3. The van der Waals surface area contributed by atoms with E-state index in [1.54, 1.807) is 78.9 Å². The molecule has 1 fully saturated rings. The summed E-state index contributed by atoms with van der Waals surface area (Å²) in [6.45, 7) is 2.28. The smallest absolute Gasteiger partial charge is 0.425 e. The maximum Gasteiger partial charge on any atom is 0.425 e. The molecule has 1 aliphatic rings. The van der Waals surface area contributed by atoms with Gasteiger partial charge in [-0.1, -0.05) is 59.7 Å². The Morgan fingerprint density at radius 3 is 2.19 bits per heavy atom. The van der Waals surface area contributed by atoms with Crippen LogP contribution in [0.4, 0.5) is 22.1 Å². The SMILES string of the molecule is CC(=O)Nc1nc(OC(=O)N(c2ccccc2)c2ccccc2)c2ncn([C@@H]3O[C@H](COC(=O)c4ccccc4)[C@@H](CCN=[N+]=[N-])[C@H]3OC(C)=O)c2n1. The molecule has 3 heterocycles. The third-order valence-electron chi connectivity index (χ3n) is 8.16. The Morgan fingerprint density at radius 2 is 1.58 bits per heavy atom. The number of ether oxygens (including phenoxy) is 4. The van der Waals surface area contributed by atoms with Crippen LogP contribution in [0.25, 0.3) is 21.6 Å². The number of amides is 2. The number of imidazole rings is 1. The maximum absolute atomic E-state index is 13.9. The van der Waals surface area contributed by atoms with Crippen molar-refractivity contribution in [1.29, 1.82) is 0 Å². The van der Waals surface area contributed by atoms with E-state index >= 15 is 0 Å². The third kappa shape index (κ3) is 8.39. The lowest BCUT2D eigenvalue weighted by Crippen LogP contribution is -2.33. The molecule has 0 bridgehead atoms. The Hall–Kier alpha value is -6.84. The largest absolute Gasteiger partial charge is 0.459 e. The van der Waals surface area contributed by atoms with E-state index in [0.29, 0.717) is 16.9 Å². The van der Waals surface area contributed by atoms with Gasteiger partial charge in [-0.2, -0.15) is 9.97 Å². The number of fused-ring (bicyclic) bond motifs is 1. The fourth-order valence-corrected chi connectivity index (χ4v) is 5.93. The summed E-state index contributed by atoms with van der Waals surface area (Å²) in [6, 6.07) is 26.0. The van der Waals surface area contributed by atoms with Gasteiger partial charge in [-0.3, -0.25) is 19.5 Å². The van der Waals surface area contributed by atoms with Crippen molar-refractivity contribution in [3.05, 3.63) is 113 Å². The van der Waals surface area contributed by atoms with E-state index in [-0.39, 0.29) is 42.6 Å². The number of azide groups is 1. The Bertz CT molecular complexity index is 2100. The molecule has 0 saturated carbocycles. The lowest BCUT2D eigenvalue weighted by molar-refractivity contribution is -0.153. The van der Waals surface area contributed by atoms with E-state index in [4.69, 9.17) is 24.5 Å². The summed E-state index contributed by atoms with van der Waals surface area (Å²) in [7, 11) is 0. The number of para-hydroxylation sites is 2. The molecule has 0 radical (unpaired) electrons. The molecule has 0 aliphatic carbocycles. The molecule has 53 heavy (non-hydrogen) atoms. The van der Waals surface area contributed by atoms with Crippen LogP contribution in [0.2, 0.25) is 0 Å². The molecule has 17 heteroatoms. The van der Waals surface area contributed by atoms with E-state index < -0.39 is 48.3 Å². The number of benzene rings is 3. The first kappa shape index (κ1) is 36.0. The number of carbonyl (C=O) groups is 4. The number of aromatic nitrogens is 4. The Labute approximate surface area is 302 Å². The summed E-state index contributed by atoms with van der Waals surface area (Å²) in [5.41, 5.74) is 10.4. The molecule has 5 aromatic rings. The molecule has 270 valence electrons. The highest BCUT2D eigenvalue weighted by Crippen LogP contribution is 2.41. The number of hydrogen-bond donors (Lipinski definition) is 1. The average molecular weight is 720 g/mol. The number of rotatable bonds is 12. The van der Waals surface area contributed by atoms with Crippen LogP contribution in [0.3, 0.4) is 0 Å². The van der Waals surface area contributed by atoms with Gasteiger partial charge in [-0.05, 0) is 48.4 Å². The molecule has 2 aromatic heterocycles. The molecule has 2 amide bonds. The van der Waals surface area contributed by atoms with Crippen molar-refractivity contribution in [2.75, 3.05) is 23.4 Å². The second-order valence-electron chi connectivity index (χ2n) is 11.7. The van der Waals surface area contributed by atoms with Crippen molar-refractivity contribution in [1.82, 2.24) is 19.5 Å². The first-order chi connectivity index (χ1) is 25.7. The fourth-order valence-electron chi connectivity index (χ4n) is 5.93. The minimum absolute atomic E-state index is 0.0169. The van der Waals surface area contributed by atoms with Crippen LogP contribution < -0.4 is 15.0 Å². The minimum atomic E-state index is -1.12. The zero-order valence-electron chi connectivity index (χ0n) is 28.5. The van der Waals surface area contributed by atoms with Gasteiger partial charge >= 0.3 is 18.0 Å². The first-order valence-corrected chi connectivity index (χ1v) is 16.4. The van der Waals surface area contributed by atoms with E-state index in [2.05, 4.69) is 30.3 Å². The van der Waals surface area contributed by atoms with Crippen molar-refractivity contribution in [3.63, 3.8) is 0 Å². The summed E-state index contributed by atoms with van der Waals surface area (Å²) < 4.78 is 25.1. The van der Waals surface area contributed by atoms with Crippen molar-refractivity contribution in [2.45, 2.75) is 38.7 Å². The quantitative estimate of drug-likeness (QED) is 0.0671. The molecule has 0 unspecified atom stereocenters. The number of nitrogens with one attached hydrogen (secondary N) is 1. The Balaban J connectivity index is 1.38. The van der Waals surface area contributed by atoms with Gasteiger partial charge in [-0.15, -0.1) is 0 Å². The molecule has 1 aliphatic heterocycles. The van der Waals surface area contributed by atoms with Gasteiger partial charge in [0.05, 0.1) is 23.3 Å². The second-order valence-corrected chi connectivity index (χ2v) is 11.7. The summed E-state index contributed by atoms with van der Waals surface area (Å²) in [5.74, 6) is -2.85. The van der Waals surface area contributed by atoms with Crippen LogP contribution >= 0.6 is 0 Å². The second kappa shape index (κ2) is 16.5. The van der Waals surface area contributed by atoms with Gasteiger partial charge in [0.25, 0.3) is 5.88 Å².